The van der Waals surface area contributed by atoms with Gasteiger partial charge >= 0.3 is 0 Å². The average Bonchev–Trinajstić information content (AvgIpc) is 3.37. The fourth-order valence-corrected chi connectivity index (χ4v) is 4.05. The number of nitrogens with zero attached hydrogens (tertiary/aromatic N) is 6. The lowest BCUT2D eigenvalue weighted by Gasteiger charge is -2.17. The van der Waals surface area contributed by atoms with Crippen LogP contribution in [0.3, 0.4) is 0 Å². The molecule has 0 spiro atoms. The lowest BCUT2D eigenvalue weighted by molar-refractivity contribution is 0.387. The van der Waals surface area contributed by atoms with Crippen molar-refractivity contribution in [1.82, 2.24) is 29.9 Å². The topological polar surface area (TPSA) is 82.5 Å². The monoisotopic (exact) mass is 406 g/mol. The second-order valence-electron chi connectivity index (χ2n) is 6.54. The van der Waals surface area contributed by atoms with Gasteiger partial charge in [-0.1, -0.05) is 49.0 Å². The van der Waals surface area contributed by atoms with E-state index in [9.17, 15) is 0 Å². The van der Waals surface area contributed by atoms with Gasteiger partial charge in [0.1, 0.15) is 0 Å². The summed E-state index contributed by atoms with van der Waals surface area (Å²) in [5.74, 6) is 2.51. The fraction of sp³-hybridized carbons (Fsp3) is 0.286. The molecule has 0 saturated heterocycles. The molecular weight excluding hydrogens is 384 g/mol. The maximum absolute atomic E-state index is 5.26. The van der Waals surface area contributed by atoms with E-state index in [4.69, 9.17) is 4.52 Å². The Labute approximate surface area is 173 Å². The summed E-state index contributed by atoms with van der Waals surface area (Å²) >= 11 is 1.53. The Balaban J connectivity index is 1.85. The molecule has 0 unspecified atom stereocenters. The van der Waals surface area contributed by atoms with Gasteiger partial charge in [-0.3, -0.25) is 9.55 Å². The summed E-state index contributed by atoms with van der Waals surface area (Å²) in [6, 6.07) is 10.4. The third kappa shape index (κ3) is 3.93. The van der Waals surface area contributed by atoms with Crippen LogP contribution in [0.25, 0.3) is 17.1 Å². The van der Waals surface area contributed by atoms with Crippen molar-refractivity contribution in [3.8, 4) is 17.1 Å². The van der Waals surface area contributed by atoms with E-state index >= 15 is 0 Å². The molecule has 148 valence electrons. The van der Waals surface area contributed by atoms with Gasteiger partial charge in [-0.15, -0.1) is 10.2 Å². The highest BCUT2D eigenvalue weighted by Gasteiger charge is 2.21. The lowest BCUT2D eigenvalue weighted by Crippen LogP contribution is -2.07. The normalized spacial score (nSPS) is 11.1. The molecule has 0 aliphatic carbocycles. The molecule has 0 amide bonds. The van der Waals surface area contributed by atoms with Gasteiger partial charge < -0.3 is 4.52 Å². The van der Waals surface area contributed by atoms with Crippen molar-refractivity contribution in [1.29, 1.82) is 0 Å². The number of hydrogen-bond donors (Lipinski definition) is 0. The summed E-state index contributed by atoms with van der Waals surface area (Å²) in [4.78, 5) is 8.56. The molecule has 3 heterocycles. The van der Waals surface area contributed by atoms with E-state index in [2.05, 4.69) is 61.9 Å². The molecule has 3 aromatic heterocycles. The largest absolute Gasteiger partial charge is 0.338 e. The van der Waals surface area contributed by atoms with Gasteiger partial charge in [0.15, 0.2) is 16.8 Å². The van der Waals surface area contributed by atoms with Crippen molar-refractivity contribution in [3.05, 3.63) is 65.6 Å². The highest BCUT2D eigenvalue weighted by molar-refractivity contribution is 7.98. The zero-order valence-electron chi connectivity index (χ0n) is 16.7. The number of aryl methyl sites for hydroxylation is 3. The maximum Gasteiger partial charge on any atom is 0.237 e. The minimum atomic E-state index is 0.530. The minimum Gasteiger partial charge on any atom is -0.338 e. The Morgan fingerprint density at radius 2 is 1.83 bits per heavy atom. The molecule has 0 radical (unpaired) electrons. The number of thioether (sulfide) groups is 1. The van der Waals surface area contributed by atoms with Gasteiger partial charge in [0, 0.05) is 18.0 Å². The molecule has 7 nitrogen and oxygen atoms in total. The first-order valence-corrected chi connectivity index (χ1v) is 10.6. The van der Waals surface area contributed by atoms with Crippen molar-refractivity contribution in [2.45, 2.75) is 44.5 Å². The van der Waals surface area contributed by atoms with Crippen LogP contribution in [0.4, 0.5) is 0 Å². The van der Waals surface area contributed by atoms with Crippen molar-refractivity contribution >= 4 is 11.8 Å². The van der Waals surface area contributed by atoms with Crippen LogP contribution in [-0.4, -0.2) is 29.9 Å². The van der Waals surface area contributed by atoms with Crippen LogP contribution in [0.5, 0.6) is 0 Å². The second-order valence-corrected chi connectivity index (χ2v) is 7.48. The third-order valence-corrected chi connectivity index (χ3v) is 5.55. The van der Waals surface area contributed by atoms with Gasteiger partial charge in [-0.25, -0.2) is 0 Å². The number of pyridine rings is 1. The molecule has 8 heteroatoms. The summed E-state index contributed by atoms with van der Waals surface area (Å²) in [6.07, 6.45) is 5.41. The van der Waals surface area contributed by atoms with E-state index in [0.717, 1.165) is 35.1 Å². The van der Waals surface area contributed by atoms with Gasteiger partial charge in [0.25, 0.3) is 0 Å². The van der Waals surface area contributed by atoms with Crippen LogP contribution in [0, 0.1) is 6.92 Å². The first-order chi connectivity index (χ1) is 14.2. The summed E-state index contributed by atoms with van der Waals surface area (Å²) in [6.45, 7) is 6.15. The Morgan fingerprint density at radius 1 is 1.03 bits per heavy atom. The zero-order valence-corrected chi connectivity index (χ0v) is 17.5. The van der Waals surface area contributed by atoms with Crippen LogP contribution < -0.4 is 0 Å². The first-order valence-electron chi connectivity index (χ1n) is 9.60. The first kappa shape index (κ1) is 19.3. The van der Waals surface area contributed by atoms with Crippen LogP contribution in [-0.2, 0) is 18.6 Å². The van der Waals surface area contributed by atoms with E-state index < -0.39 is 0 Å². The number of hydrogen-bond acceptors (Lipinski definition) is 7. The predicted molar refractivity (Wildman–Crippen MR) is 112 cm³/mol. The van der Waals surface area contributed by atoms with Crippen LogP contribution in [0.1, 0.15) is 36.7 Å². The highest BCUT2D eigenvalue weighted by Crippen LogP contribution is 2.33. The average molecular weight is 407 g/mol. The van der Waals surface area contributed by atoms with E-state index in [1.807, 2.05) is 25.3 Å². The molecule has 4 aromatic rings. The minimum absolute atomic E-state index is 0.530. The van der Waals surface area contributed by atoms with Crippen molar-refractivity contribution in [2.75, 3.05) is 0 Å². The number of benzene rings is 1. The molecule has 0 saturated carbocycles. The van der Waals surface area contributed by atoms with Crippen LogP contribution in [0.2, 0.25) is 0 Å². The molecule has 1 aromatic carbocycles. The molecule has 4 rings (SSSR count). The molecule has 0 aliphatic heterocycles. The van der Waals surface area contributed by atoms with E-state index in [-0.39, 0.29) is 0 Å². The summed E-state index contributed by atoms with van der Waals surface area (Å²) in [7, 11) is 0. The van der Waals surface area contributed by atoms with E-state index in [1.165, 1.54) is 22.9 Å². The molecular formula is C21H22N6OS. The van der Waals surface area contributed by atoms with E-state index in [0.29, 0.717) is 17.5 Å². The maximum atomic E-state index is 5.26. The van der Waals surface area contributed by atoms with E-state index in [1.54, 1.807) is 6.20 Å². The summed E-state index contributed by atoms with van der Waals surface area (Å²) in [5, 5.41) is 13.7. The van der Waals surface area contributed by atoms with Crippen LogP contribution in [0.15, 0.2) is 52.4 Å². The third-order valence-electron chi connectivity index (χ3n) is 4.64. The number of para-hydroxylation sites is 1. The molecule has 0 N–H and O–H groups in total. The SMILES string of the molecule is CCc1cccc(CC)c1-n1c(SCc2nc(C)no2)nnc1-c1cccnc1. The lowest BCUT2D eigenvalue weighted by atomic mass is 10.0. The van der Waals surface area contributed by atoms with Crippen LogP contribution >= 0.6 is 11.8 Å². The predicted octanol–water partition coefficient (Wildman–Crippen LogP) is 4.44. The Kier molecular flexibility index (Phi) is 5.71. The second kappa shape index (κ2) is 8.57. The number of rotatable bonds is 7. The molecule has 0 bridgehead atoms. The van der Waals surface area contributed by atoms with Gasteiger partial charge in [0.2, 0.25) is 5.89 Å². The summed E-state index contributed by atoms with van der Waals surface area (Å²) < 4.78 is 7.40. The molecule has 0 fully saturated rings. The molecule has 29 heavy (non-hydrogen) atoms. The van der Waals surface area contributed by atoms with Crippen molar-refractivity contribution in [3.63, 3.8) is 0 Å². The number of aromatic nitrogens is 6. The Morgan fingerprint density at radius 3 is 2.45 bits per heavy atom. The smallest absolute Gasteiger partial charge is 0.237 e. The highest BCUT2D eigenvalue weighted by atomic mass is 32.2. The van der Waals surface area contributed by atoms with Gasteiger partial charge in [0.05, 0.1) is 11.4 Å². The van der Waals surface area contributed by atoms with Crippen molar-refractivity contribution in [2.24, 2.45) is 0 Å². The Hall–Kier alpha value is -3.00. The molecule has 0 atom stereocenters. The van der Waals surface area contributed by atoms with Gasteiger partial charge in [-0.2, -0.15) is 4.98 Å². The zero-order chi connectivity index (χ0) is 20.2. The van der Waals surface area contributed by atoms with Gasteiger partial charge in [-0.05, 0) is 43.0 Å². The standard InChI is InChI=1S/C21H22N6OS/c1-4-15-8-6-9-16(5-2)19(15)27-20(17-10-7-11-22-12-17)24-25-21(27)29-13-18-23-14(3)26-28-18/h6-12H,4-5,13H2,1-3H3. The summed E-state index contributed by atoms with van der Waals surface area (Å²) in [5.41, 5.74) is 4.58. The molecule has 0 aliphatic rings. The van der Waals surface area contributed by atoms with Crippen molar-refractivity contribution < 1.29 is 4.52 Å². The quantitative estimate of drug-likeness (QED) is 0.420. The fourth-order valence-electron chi connectivity index (χ4n) is 3.27. The Bertz CT molecular complexity index is 1080.